The molecule has 3 N–H and O–H groups in total. The van der Waals surface area contributed by atoms with Crippen molar-refractivity contribution in [2.45, 2.75) is 24.6 Å². The molecular formula is C13H18F3N5O2. The minimum atomic E-state index is -4.48. The number of hydrogen-bond donors (Lipinski definition) is 3. The second-order valence-corrected chi connectivity index (χ2v) is 5.31. The number of piperidine rings is 1. The maximum Gasteiger partial charge on any atom is 0.405 e. The Balaban J connectivity index is 1.95. The van der Waals surface area contributed by atoms with E-state index >= 15 is 0 Å². The molecule has 0 bridgehead atoms. The lowest BCUT2D eigenvalue weighted by Gasteiger charge is -2.36. The van der Waals surface area contributed by atoms with Crippen LogP contribution in [0.1, 0.15) is 12.8 Å². The van der Waals surface area contributed by atoms with Crippen LogP contribution in [0.5, 0.6) is 0 Å². The molecule has 2 amide bonds. The summed E-state index contributed by atoms with van der Waals surface area (Å²) in [5.74, 6) is -1.31. The van der Waals surface area contributed by atoms with E-state index in [-0.39, 0.29) is 0 Å². The number of amides is 2. The number of nitrogens with one attached hydrogen (secondary N) is 3. The van der Waals surface area contributed by atoms with Gasteiger partial charge in [0.15, 0.2) is 0 Å². The van der Waals surface area contributed by atoms with Crippen molar-refractivity contribution in [1.29, 1.82) is 0 Å². The molecule has 1 fully saturated rings. The summed E-state index contributed by atoms with van der Waals surface area (Å²) in [4.78, 5) is 23.9. The van der Waals surface area contributed by atoms with E-state index in [0.29, 0.717) is 25.9 Å². The molecule has 0 aromatic carbocycles. The van der Waals surface area contributed by atoms with Crippen LogP contribution in [0.25, 0.3) is 0 Å². The Morgan fingerprint density at radius 2 is 1.96 bits per heavy atom. The number of carbonyl (C=O) groups excluding carboxylic acids is 2. The van der Waals surface area contributed by atoms with E-state index in [1.807, 2.05) is 0 Å². The van der Waals surface area contributed by atoms with E-state index < -0.39 is 36.6 Å². The molecule has 1 saturated heterocycles. The molecule has 0 unspecified atom stereocenters. The quantitative estimate of drug-likeness (QED) is 0.694. The molecule has 0 aliphatic carbocycles. The van der Waals surface area contributed by atoms with E-state index in [1.54, 1.807) is 23.8 Å². The molecule has 1 aromatic rings. The third-order valence-electron chi connectivity index (χ3n) is 3.69. The van der Waals surface area contributed by atoms with Gasteiger partial charge in [-0.2, -0.15) is 18.3 Å². The van der Waals surface area contributed by atoms with Crippen molar-refractivity contribution >= 4 is 11.8 Å². The van der Waals surface area contributed by atoms with Crippen LogP contribution in [0.3, 0.4) is 0 Å². The van der Waals surface area contributed by atoms with Gasteiger partial charge < -0.3 is 16.0 Å². The molecule has 2 heterocycles. The van der Waals surface area contributed by atoms with Gasteiger partial charge in [0.25, 0.3) is 0 Å². The number of alkyl halides is 3. The van der Waals surface area contributed by atoms with E-state index in [1.165, 1.54) is 4.68 Å². The first-order valence-electron chi connectivity index (χ1n) is 7.16. The highest BCUT2D eigenvalue weighted by atomic mass is 19.4. The first kappa shape index (κ1) is 17.3. The first-order valence-corrected chi connectivity index (χ1v) is 7.16. The lowest BCUT2D eigenvalue weighted by Crippen LogP contribution is -2.56. The highest BCUT2D eigenvalue weighted by Crippen LogP contribution is 2.27. The largest absolute Gasteiger partial charge is 0.405 e. The van der Waals surface area contributed by atoms with E-state index in [9.17, 15) is 22.8 Å². The normalized spacial score (nSPS) is 17.5. The molecule has 23 heavy (non-hydrogen) atoms. The van der Waals surface area contributed by atoms with Crippen LogP contribution in [0.15, 0.2) is 18.5 Å². The first-order chi connectivity index (χ1) is 10.8. The standard InChI is InChI=1S/C13H18F3N5O2/c14-13(15,16)9-19-10(22)8-18-11(23)12(2-5-17-6-3-12)21-7-1-4-20-21/h1,4,7,17H,2-3,5-6,8-9H2,(H,18,23)(H,19,22). The van der Waals surface area contributed by atoms with Crippen molar-refractivity contribution in [3.05, 3.63) is 18.5 Å². The third-order valence-corrected chi connectivity index (χ3v) is 3.69. The average Bonchev–Trinajstić information content (AvgIpc) is 3.05. The average molecular weight is 333 g/mol. The summed E-state index contributed by atoms with van der Waals surface area (Å²) >= 11 is 0. The van der Waals surface area contributed by atoms with Crippen LogP contribution in [-0.4, -0.2) is 54.0 Å². The number of hydrogen-bond acceptors (Lipinski definition) is 4. The predicted molar refractivity (Wildman–Crippen MR) is 74.4 cm³/mol. The number of aromatic nitrogens is 2. The topological polar surface area (TPSA) is 88.0 Å². The maximum absolute atomic E-state index is 12.5. The number of rotatable bonds is 5. The zero-order valence-electron chi connectivity index (χ0n) is 12.3. The summed E-state index contributed by atoms with van der Waals surface area (Å²) in [5, 5.41) is 11.4. The maximum atomic E-state index is 12.5. The van der Waals surface area contributed by atoms with Gasteiger partial charge in [0, 0.05) is 12.4 Å². The highest BCUT2D eigenvalue weighted by molar-refractivity contribution is 5.89. The molecule has 0 radical (unpaired) electrons. The smallest absolute Gasteiger partial charge is 0.345 e. The molecule has 1 aliphatic heterocycles. The van der Waals surface area contributed by atoms with Gasteiger partial charge in [0.2, 0.25) is 11.8 Å². The van der Waals surface area contributed by atoms with Crippen LogP contribution in [0, 0.1) is 0 Å². The van der Waals surface area contributed by atoms with E-state index in [0.717, 1.165) is 0 Å². The minimum absolute atomic E-state index is 0.426. The van der Waals surface area contributed by atoms with Gasteiger partial charge in [-0.25, -0.2) is 0 Å². The van der Waals surface area contributed by atoms with Crippen molar-refractivity contribution in [1.82, 2.24) is 25.7 Å². The Morgan fingerprint density at radius 1 is 1.26 bits per heavy atom. The molecule has 0 atom stereocenters. The lowest BCUT2D eigenvalue weighted by molar-refractivity contribution is -0.139. The van der Waals surface area contributed by atoms with Gasteiger partial charge in [-0.1, -0.05) is 0 Å². The molecule has 128 valence electrons. The summed E-state index contributed by atoms with van der Waals surface area (Å²) < 4.78 is 37.6. The van der Waals surface area contributed by atoms with Gasteiger partial charge in [-0.05, 0) is 32.0 Å². The minimum Gasteiger partial charge on any atom is -0.345 e. The van der Waals surface area contributed by atoms with Crippen molar-refractivity contribution < 1.29 is 22.8 Å². The van der Waals surface area contributed by atoms with E-state index in [4.69, 9.17) is 0 Å². The Kier molecular flexibility index (Phi) is 5.24. The molecule has 2 rings (SSSR count). The van der Waals surface area contributed by atoms with Crippen molar-refractivity contribution in [3.8, 4) is 0 Å². The fourth-order valence-corrected chi connectivity index (χ4v) is 2.51. The van der Waals surface area contributed by atoms with Gasteiger partial charge >= 0.3 is 6.18 Å². The zero-order valence-corrected chi connectivity index (χ0v) is 12.3. The van der Waals surface area contributed by atoms with Crippen LogP contribution < -0.4 is 16.0 Å². The molecular weight excluding hydrogens is 315 g/mol. The summed E-state index contributed by atoms with van der Waals surface area (Å²) in [6.07, 6.45) is -0.317. The Hall–Kier alpha value is -2.10. The predicted octanol–water partition coefficient (Wildman–Crippen LogP) is -0.243. The van der Waals surface area contributed by atoms with E-state index in [2.05, 4.69) is 15.7 Å². The number of halogens is 3. The fourth-order valence-electron chi connectivity index (χ4n) is 2.51. The summed E-state index contributed by atoms with van der Waals surface area (Å²) in [6, 6.07) is 1.69. The zero-order chi connectivity index (χ0) is 16.9. The summed E-state index contributed by atoms with van der Waals surface area (Å²) in [6.45, 7) is -0.720. The van der Waals surface area contributed by atoms with Crippen molar-refractivity contribution in [2.24, 2.45) is 0 Å². The Labute approximate surface area is 130 Å². The molecule has 10 heteroatoms. The van der Waals surface area contributed by atoms with Crippen molar-refractivity contribution in [3.63, 3.8) is 0 Å². The SMILES string of the molecule is O=C(CNC(=O)C1(n2cccn2)CCNCC1)NCC(F)(F)F. The highest BCUT2D eigenvalue weighted by Gasteiger charge is 2.42. The number of nitrogens with zero attached hydrogens (tertiary/aromatic N) is 2. The molecule has 0 saturated carbocycles. The lowest BCUT2D eigenvalue weighted by atomic mass is 9.87. The van der Waals surface area contributed by atoms with Crippen LogP contribution >= 0.6 is 0 Å². The molecule has 0 spiro atoms. The van der Waals surface area contributed by atoms with Gasteiger partial charge in [-0.15, -0.1) is 0 Å². The van der Waals surface area contributed by atoms with Gasteiger partial charge in [0.05, 0.1) is 6.54 Å². The molecule has 1 aliphatic rings. The van der Waals surface area contributed by atoms with Gasteiger partial charge in [-0.3, -0.25) is 14.3 Å². The van der Waals surface area contributed by atoms with Crippen molar-refractivity contribution in [2.75, 3.05) is 26.2 Å². The molecule has 1 aromatic heterocycles. The number of carbonyl (C=O) groups is 2. The van der Waals surface area contributed by atoms with Crippen LogP contribution in [0.2, 0.25) is 0 Å². The third kappa shape index (κ3) is 4.44. The second kappa shape index (κ2) is 6.99. The Morgan fingerprint density at radius 3 is 2.52 bits per heavy atom. The monoisotopic (exact) mass is 333 g/mol. The fraction of sp³-hybridized carbons (Fsp3) is 0.615. The Bertz CT molecular complexity index is 538. The van der Waals surface area contributed by atoms with Gasteiger partial charge in [0.1, 0.15) is 12.1 Å². The summed E-state index contributed by atoms with van der Waals surface area (Å²) in [7, 11) is 0. The van der Waals surface area contributed by atoms with Crippen LogP contribution in [-0.2, 0) is 15.1 Å². The van der Waals surface area contributed by atoms with Crippen LogP contribution in [0.4, 0.5) is 13.2 Å². The molecule has 7 nitrogen and oxygen atoms in total. The second-order valence-electron chi connectivity index (χ2n) is 5.31. The summed E-state index contributed by atoms with van der Waals surface area (Å²) in [5.41, 5.74) is -0.931.